The molecule has 24 heavy (non-hydrogen) atoms. The van der Waals surface area contributed by atoms with Crippen LogP contribution in [0.25, 0.3) is 0 Å². The van der Waals surface area contributed by atoms with E-state index in [0.717, 1.165) is 18.7 Å². The van der Waals surface area contributed by atoms with E-state index in [1.165, 1.54) is 0 Å². The van der Waals surface area contributed by atoms with Gasteiger partial charge in [-0.3, -0.25) is 0 Å². The molecule has 1 aliphatic heterocycles. The third kappa shape index (κ3) is 8.71. The number of hydrogen-bond acceptors (Lipinski definition) is 6. The first kappa shape index (κ1) is 19.4. The first-order chi connectivity index (χ1) is 11.5. The molecule has 0 bridgehead atoms. The van der Waals surface area contributed by atoms with Gasteiger partial charge in [-0.2, -0.15) is 0 Å². The van der Waals surface area contributed by atoms with E-state index in [-0.39, 0.29) is 12.7 Å². The van der Waals surface area contributed by atoms with Gasteiger partial charge in [0, 0.05) is 19.6 Å². The average molecular weight is 340 g/mol. The number of carboxylic acid groups (broad SMARTS) is 2. The zero-order valence-electron chi connectivity index (χ0n) is 12.9. The Hall–Kier alpha value is -2.65. The van der Waals surface area contributed by atoms with Crippen LogP contribution in [-0.2, 0) is 25.7 Å². The lowest BCUT2D eigenvalue weighted by Gasteiger charge is -2.23. The zero-order chi connectivity index (χ0) is 17.8. The van der Waals surface area contributed by atoms with Crippen LogP contribution in [0.15, 0.2) is 30.3 Å². The predicted octanol–water partition coefficient (Wildman–Crippen LogP) is 0.0568. The first-order valence-electron chi connectivity index (χ1n) is 7.22. The highest BCUT2D eigenvalue weighted by Gasteiger charge is 2.14. The maximum Gasteiger partial charge on any atom is 0.414 e. The van der Waals surface area contributed by atoms with E-state index in [2.05, 4.69) is 10.6 Å². The molecule has 132 valence electrons. The molecule has 0 unspecified atom stereocenters. The number of amides is 1. The van der Waals surface area contributed by atoms with E-state index < -0.39 is 18.0 Å². The van der Waals surface area contributed by atoms with Gasteiger partial charge in [0.1, 0.15) is 6.61 Å². The van der Waals surface area contributed by atoms with Crippen LogP contribution < -0.4 is 10.6 Å². The van der Waals surface area contributed by atoms with Crippen LogP contribution >= 0.6 is 0 Å². The molecule has 1 heterocycles. The van der Waals surface area contributed by atoms with Gasteiger partial charge in [-0.1, -0.05) is 30.3 Å². The second-order valence-electron chi connectivity index (χ2n) is 4.75. The van der Waals surface area contributed by atoms with Gasteiger partial charge in [-0.15, -0.1) is 0 Å². The van der Waals surface area contributed by atoms with Gasteiger partial charge in [-0.05, 0) is 5.56 Å². The number of morpholine rings is 1. The average Bonchev–Trinajstić information content (AvgIpc) is 2.60. The summed E-state index contributed by atoms with van der Waals surface area (Å²) in [7, 11) is 0. The fourth-order valence-electron chi connectivity index (χ4n) is 1.72. The molecule has 0 aromatic heterocycles. The Morgan fingerprint density at radius 2 is 1.88 bits per heavy atom. The van der Waals surface area contributed by atoms with Crippen molar-refractivity contribution >= 4 is 18.0 Å². The summed E-state index contributed by atoms with van der Waals surface area (Å²) in [6.45, 7) is 3.08. The second-order valence-corrected chi connectivity index (χ2v) is 4.75. The molecule has 1 aromatic rings. The van der Waals surface area contributed by atoms with Crippen molar-refractivity contribution in [2.24, 2.45) is 0 Å². The van der Waals surface area contributed by atoms with Gasteiger partial charge >= 0.3 is 18.0 Å². The van der Waals surface area contributed by atoms with E-state index in [0.29, 0.717) is 13.2 Å². The highest BCUT2D eigenvalue weighted by molar-refractivity contribution is 6.27. The number of rotatable bonds is 4. The fraction of sp³-hybridized carbons (Fsp3) is 0.400. The third-order valence-electron chi connectivity index (χ3n) is 2.87. The van der Waals surface area contributed by atoms with E-state index in [4.69, 9.17) is 29.3 Å². The van der Waals surface area contributed by atoms with Crippen molar-refractivity contribution < 1.29 is 34.1 Å². The van der Waals surface area contributed by atoms with Gasteiger partial charge in [0.05, 0.1) is 12.7 Å². The van der Waals surface area contributed by atoms with Gasteiger partial charge < -0.3 is 30.3 Å². The summed E-state index contributed by atoms with van der Waals surface area (Å²) in [4.78, 5) is 29.6. The van der Waals surface area contributed by atoms with Crippen molar-refractivity contribution in [1.29, 1.82) is 0 Å². The molecule has 0 aliphatic carbocycles. The van der Waals surface area contributed by atoms with Crippen molar-refractivity contribution in [3.63, 3.8) is 0 Å². The minimum atomic E-state index is -1.82. The summed E-state index contributed by atoms with van der Waals surface area (Å²) >= 11 is 0. The van der Waals surface area contributed by atoms with Crippen molar-refractivity contribution in [3.8, 4) is 0 Å². The molecule has 1 atom stereocenters. The van der Waals surface area contributed by atoms with E-state index in [9.17, 15) is 4.79 Å². The number of benzene rings is 1. The molecule has 2 rings (SSSR count). The van der Waals surface area contributed by atoms with Crippen molar-refractivity contribution in [2.45, 2.75) is 12.7 Å². The summed E-state index contributed by atoms with van der Waals surface area (Å²) < 4.78 is 10.6. The van der Waals surface area contributed by atoms with E-state index in [1.807, 2.05) is 30.3 Å². The largest absolute Gasteiger partial charge is 0.473 e. The first-order valence-corrected chi connectivity index (χ1v) is 7.22. The second kappa shape index (κ2) is 11.0. The molecule has 1 aliphatic rings. The Labute approximate surface area is 138 Å². The van der Waals surface area contributed by atoms with E-state index >= 15 is 0 Å². The Morgan fingerprint density at radius 3 is 2.42 bits per heavy atom. The number of aliphatic carboxylic acids is 2. The van der Waals surface area contributed by atoms with Gasteiger partial charge in [-0.25, -0.2) is 14.4 Å². The van der Waals surface area contributed by atoms with Gasteiger partial charge in [0.25, 0.3) is 0 Å². The highest BCUT2D eigenvalue weighted by Crippen LogP contribution is 2.00. The molecule has 4 N–H and O–H groups in total. The smallest absolute Gasteiger partial charge is 0.414 e. The van der Waals surface area contributed by atoms with Crippen LogP contribution in [0.4, 0.5) is 4.79 Å². The Kier molecular flexibility index (Phi) is 8.87. The topological polar surface area (TPSA) is 134 Å². The number of hydrogen-bond donors (Lipinski definition) is 4. The molecular formula is C15H20N2O7. The Morgan fingerprint density at radius 1 is 1.21 bits per heavy atom. The Balaban J connectivity index is 0.000000413. The minimum Gasteiger partial charge on any atom is -0.473 e. The minimum absolute atomic E-state index is 0.0306. The van der Waals surface area contributed by atoms with Crippen LogP contribution in [0.2, 0.25) is 0 Å². The van der Waals surface area contributed by atoms with Crippen molar-refractivity contribution in [2.75, 3.05) is 26.2 Å². The number of ether oxygens (including phenoxy) is 2. The lowest BCUT2D eigenvalue weighted by atomic mass is 10.2. The SMILES string of the molecule is O=C(NC[C@@H]1CNCCO1)OCc1ccccc1.O=C(O)C(=O)O. The fourth-order valence-corrected chi connectivity index (χ4v) is 1.72. The molecule has 0 saturated carbocycles. The number of carbonyl (C=O) groups excluding carboxylic acids is 1. The molecule has 9 heteroatoms. The maximum atomic E-state index is 11.4. The summed E-state index contributed by atoms with van der Waals surface area (Å²) in [5.41, 5.74) is 0.975. The lowest BCUT2D eigenvalue weighted by molar-refractivity contribution is -0.159. The van der Waals surface area contributed by atoms with Gasteiger partial charge in [0.15, 0.2) is 0 Å². The maximum absolute atomic E-state index is 11.4. The molecule has 1 amide bonds. The number of carbonyl (C=O) groups is 3. The van der Waals surface area contributed by atoms with E-state index in [1.54, 1.807) is 0 Å². The summed E-state index contributed by atoms with van der Waals surface area (Å²) in [6, 6.07) is 9.59. The third-order valence-corrected chi connectivity index (χ3v) is 2.87. The van der Waals surface area contributed by atoms with Crippen molar-refractivity contribution in [3.05, 3.63) is 35.9 Å². The predicted molar refractivity (Wildman–Crippen MR) is 82.5 cm³/mol. The van der Waals surface area contributed by atoms with Crippen LogP contribution in [0.1, 0.15) is 5.56 Å². The van der Waals surface area contributed by atoms with Crippen LogP contribution in [-0.4, -0.2) is 60.6 Å². The van der Waals surface area contributed by atoms with Crippen LogP contribution in [0.3, 0.4) is 0 Å². The molecule has 1 aromatic carbocycles. The standard InChI is InChI=1S/C13H18N2O3.C2H2O4/c16-13(15-9-12-8-14-6-7-17-12)18-10-11-4-2-1-3-5-11;3-1(4)2(5)6/h1-5,12,14H,6-10H2,(H,15,16);(H,3,4)(H,5,6)/t12-;/m0./s1. The molecule has 0 spiro atoms. The zero-order valence-corrected chi connectivity index (χ0v) is 12.9. The summed E-state index contributed by atoms with van der Waals surface area (Å²) in [5.74, 6) is -3.65. The normalized spacial score (nSPS) is 16.2. The molecule has 9 nitrogen and oxygen atoms in total. The quantitative estimate of drug-likeness (QED) is 0.565. The van der Waals surface area contributed by atoms with Crippen molar-refractivity contribution in [1.82, 2.24) is 10.6 Å². The number of carboxylic acids is 2. The number of nitrogens with one attached hydrogen (secondary N) is 2. The van der Waals surface area contributed by atoms with Crippen LogP contribution in [0, 0.1) is 0 Å². The molecular weight excluding hydrogens is 320 g/mol. The Bertz CT molecular complexity index is 518. The van der Waals surface area contributed by atoms with Crippen LogP contribution in [0.5, 0.6) is 0 Å². The van der Waals surface area contributed by atoms with Gasteiger partial charge in [0.2, 0.25) is 0 Å². The number of alkyl carbamates (subject to hydrolysis) is 1. The molecule has 1 fully saturated rings. The summed E-state index contributed by atoms with van der Waals surface area (Å²) in [6.07, 6.45) is -0.379. The monoisotopic (exact) mass is 340 g/mol. The molecule has 0 radical (unpaired) electrons. The highest BCUT2D eigenvalue weighted by atomic mass is 16.5. The lowest BCUT2D eigenvalue weighted by Crippen LogP contribution is -2.45. The molecule has 1 saturated heterocycles. The summed E-state index contributed by atoms with van der Waals surface area (Å²) in [5, 5.41) is 20.7.